The topological polar surface area (TPSA) is 169 Å². The number of amides is 1. The Labute approximate surface area is 360 Å². The highest BCUT2D eigenvalue weighted by Gasteiger charge is 2.28. The van der Waals surface area contributed by atoms with Crippen molar-refractivity contribution in [1.29, 1.82) is 0 Å². The first kappa shape index (κ1) is 55.6. The number of carboxylic acids is 1. The number of phosphoric acid groups is 1. The number of unbranched alkanes of at least 4 members (excludes halogenated alkanes) is 1. The Morgan fingerprint density at radius 1 is 0.533 bits per heavy atom. The number of carbonyl (C=O) groups excluding carboxylic acids is 2. The van der Waals surface area contributed by atoms with Crippen LogP contribution in [-0.2, 0) is 32.7 Å². The van der Waals surface area contributed by atoms with Crippen LogP contribution >= 0.6 is 7.82 Å². The summed E-state index contributed by atoms with van der Waals surface area (Å²) in [5.74, 6) is -2.57. The normalized spacial score (nSPS) is 15.0. The highest BCUT2D eigenvalue weighted by molar-refractivity contribution is 7.47. The van der Waals surface area contributed by atoms with Crippen LogP contribution < -0.4 is 5.32 Å². The van der Waals surface area contributed by atoms with Crippen LogP contribution in [-0.4, -0.2) is 64.9 Å². The molecule has 1 amide bonds. The van der Waals surface area contributed by atoms with E-state index in [1.165, 1.54) is 0 Å². The summed E-state index contributed by atoms with van der Waals surface area (Å²) in [6, 6.07) is -1.60. The van der Waals surface area contributed by atoms with Gasteiger partial charge in [0.05, 0.1) is 13.2 Å². The number of carbonyl (C=O) groups is 3. The number of ether oxygens (including phenoxy) is 1. The molecule has 334 valence electrons. The highest BCUT2D eigenvalue weighted by Crippen LogP contribution is 2.43. The minimum absolute atomic E-state index is 0.0533. The molecular weight excluding hydrogens is 781 g/mol. The number of aliphatic hydroxyl groups is 1. The smallest absolute Gasteiger partial charge is 0.472 e. The summed E-state index contributed by atoms with van der Waals surface area (Å²) < 4.78 is 26.7. The number of hydrogen-bond donors (Lipinski definition) is 4. The lowest BCUT2D eigenvalue weighted by molar-refractivity contribution is -0.147. The van der Waals surface area contributed by atoms with E-state index in [1.54, 1.807) is 0 Å². The van der Waals surface area contributed by atoms with Crippen molar-refractivity contribution in [1.82, 2.24) is 5.32 Å². The van der Waals surface area contributed by atoms with Crippen LogP contribution in [0.1, 0.15) is 117 Å². The first-order valence-electron chi connectivity index (χ1n) is 21.2. The van der Waals surface area contributed by atoms with E-state index in [4.69, 9.17) is 13.8 Å². The fraction of sp³-hybridized carbons (Fsp3) is 0.479. The molecule has 0 aliphatic rings. The molecule has 60 heavy (non-hydrogen) atoms. The van der Waals surface area contributed by atoms with Crippen LogP contribution in [0, 0.1) is 0 Å². The van der Waals surface area contributed by atoms with E-state index in [2.05, 4.69) is 122 Å². The zero-order valence-corrected chi connectivity index (χ0v) is 36.8. The van der Waals surface area contributed by atoms with Crippen LogP contribution in [0.4, 0.5) is 0 Å². The number of esters is 1. The van der Waals surface area contributed by atoms with Gasteiger partial charge in [0.2, 0.25) is 5.91 Å². The first-order chi connectivity index (χ1) is 29.1. The van der Waals surface area contributed by atoms with E-state index in [0.717, 1.165) is 70.6 Å². The summed E-state index contributed by atoms with van der Waals surface area (Å²) >= 11 is 0. The quantitative estimate of drug-likeness (QED) is 0.0204. The molecule has 0 saturated carbocycles. The van der Waals surface area contributed by atoms with Crippen molar-refractivity contribution in [2.45, 2.75) is 129 Å². The second-order valence-corrected chi connectivity index (χ2v) is 14.9. The van der Waals surface area contributed by atoms with Gasteiger partial charge >= 0.3 is 19.8 Å². The molecule has 3 unspecified atom stereocenters. The Kier molecular flexibility index (Phi) is 38.3. The molecule has 0 saturated heterocycles. The molecule has 0 fully saturated rings. The standard InChI is InChI=1S/C48H72NO10P/c1-3-5-7-9-11-13-15-17-19-21-22-24-26-28-30-32-34-36-38-40-47(52)57-41-44(50)42-58-60(55,56)59-43-45(48(53)54)49-46(51)39-37-35-33-31-29-27-25-23-20-18-16-14-12-10-8-6-4-2/h5-8,11-14,17-20,22,24-25,27-28,30-31,33-34,36,44-45,50H,3-4,9-10,15-16,21,23,26,29,32,35,37-43H2,1-2H3,(H,49,51)(H,53,54)(H,55,56)/b7-5-,8-6-,13-11-,14-12-,19-17-,20-18-,24-22-,27-25-,30-28-,33-31-,36-34-. The van der Waals surface area contributed by atoms with Crippen LogP contribution in [0.5, 0.6) is 0 Å². The van der Waals surface area contributed by atoms with Crippen LogP contribution in [0.25, 0.3) is 0 Å². The van der Waals surface area contributed by atoms with Gasteiger partial charge in [-0.1, -0.05) is 148 Å². The Hall–Kier alpha value is -4.38. The summed E-state index contributed by atoms with van der Waals surface area (Å²) in [5.41, 5.74) is 0. The van der Waals surface area contributed by atoms with Gasteiger partial charge in [0.1, 0.15) is 12.7 Å². The maximum Gasteiger partial charge on any atom is 0.472 e. The Morgan fingerprint density at radius 3 is 1.30 bits per heavy atom. The zero-order chi connectivity index (χ0) is 44.2. The summed E-state index contributed by atoms with van der Waals surface area (Å²) in [6.07, 6.45) is 56.4. The number of allylic oxidation sites excluding steroid dienone is 22. The number of nitrogens with one attached hydrogen (secondary N) is 1. The van der Waals surface area contributed by atoms with E-state index in [9.17, 15) is 34.1 Å². The van der Waals surface area contributed by atoms with Gasteiger partial charge in [-0.05, 0) is 89.9 Å². The van der Waals surface area contributed by atoms with Crippen LogP contribution in [0.3, 0.4) is 0 Å². The van der Waals surface area contributed by atoms with E-state index in [-0.39, 0.29) is 12.8 Å². The zero-order valence-electron chi connectivity index (χ0n) is 35.9. The number of hydrogen-bond acceptors (Lipinski definition) is 8. The molecule has 0 aromatic carbocycles. The summed E-state index contributed by atoms with van der Waals surface area (Å²) in [5, 5.41) is 21.8. The predicted octanol–water partition coefficient (Wildman–Crippen LogP) is 11.0. The van der Waals surface area contributed by atoms with Crippen molar-refractivity contribution in [3.05, 3.63) is 134 Å². The lowest BCUT2D eigenvalue weighted by Gasteiger charge is -2.18. The Bertz CT molecular complexity index is 1520. The van der Waals surface area contributed by atoms with Crippen molar-refractivity contribution in [3.8, 4) is 0 Å². The van der Waals surface area contributed by atoms with Gasteiger partial charge in [-0.3, -0.25) is 18.6 Å². The van der Waals surface area contributed by atoms with Gasteiger partial charge in [0.25, 0.3) is 0 Å². The van der Waals surface area contributed by atoms with Gasteiger partial charge < -0.3 is 25.2 Å². The molecule has 4 N–H and O–H groups in total. The average molecular weight is 854 g/mol. The molecule has 0 bridgehead atoms. The summed E-state index contributed by atoms with van der Waals surface area (Å²) in [4.78, 5) is 45.8. The van der Waals surface area contributed by atoms with Gasteiger partial charge in [-0.15, -0.1) is 0 Å². The molecule has 0 spiro atoms. The van der Waals surface area contributed by atoms with Crippen LogP contribution in [0.15, 0.2) is 134 Å². The summed E-state index contributed by atoms with van der Waals surface area (Å²) in [7, 11) is -4.80. The monoisotopic (exact) mass is 853 g/mol. The maximum absolute atomic E-state index is 12.3. The Morgan fingerprint density at radius 2 is 0.900 bits per heavy atom. The lowest BCUT2D eigenvalue weighted by atomic mass is 10.2. The maximum atomic E-state index is 12.3. The van der Waals surface area contributed by atoms with Crippen LogP contribution in [0.2, 0.25) is 0 Å². The molecule has 3 atom stereocenters. The van der Waals surface area contributed by atoms with Gasteiger partial charge in [0, 0.05) is 12.8 Å². The van der Waals surface area contributed by atoms with Crippen molar-refractivity contribution >= 4 is 25.7 Å². The average Bonchev–Trinajstić information content (AvgIpc) is 3.22. The van der Waals surface area contributed by atoms with Crippen molar-refractivity contribution in [3.63, 3.8) is 0 Å². The number of rotatable bonds is 37. The molecule has 0 aliphatic carbocycles. The van der Waals surface area contributed by atoms with Gasteiger partial charge in [-0.2, -0.15) is 0 Å². The van der Waals surface area contributed by atoms with E-state index in [0.29, 0.717) is 19.3 Å². The van der Waals surface area contributed by atoms with Crippen molar-refractivity contribution < 1.29 is 47.8 Å². The minimum atomic E-state index is -4.80. The third-order valence-corrected chi connectivity index (χ3v) is 8.90. The molecule has 0 aliphatic heterocycles. The van der Waals surface area contributed by atoms with Gasteiger partial charge in [-0.25, -0.2) is 9.36 Å². The van der Waals surface area contributed by atoms with Crippen molar-refractivity contribution in [2.24, 2.45) is 0 Å². The molecule has 0 aromatic rings. The molecule has 11 nitrogen and oxygen atoms in total. The minimum Gasteiger partial charge on any atom is -0.480 e. The molecular formula is C48H72NO10P. The number of carboxylic acid groups (broad SMARTS) is 1. The third-order valence-electron chi connectivity index (χ3n) is 7.95. The Balaban J connectivity index is 4.12. The van der Waals surface area contributed by atoms with Crippen molar-refractivity contribution in [2.75, 3.05) is 19.8 Å². The number of phosphoric ester groups is 1. The second kappa shape index (κ2) is 41.4. The summed E-state index contributed by atoms with van der Waals surface area (Å²) in [6.45, 7) is 2.21. The van der Waals surface area contributed by atoms with E-state index in [1.807, 2.05) is 30.4 Å². The third kappa shape index (κ3) is 40.4. The fourth-order valence-electron chi connectivity index (χ4n) is 4.73. The molecule has 0 rings (SSSR count). The molecule has 12 heteroatoms. The first-order valence-corrected chi connectivity index (χ1v) is 22.7. The molecule has 0 aromatic heterocycles. The lowest BCUT2D eigenvalue weighted by Crippen LogP contribution is -2.43. The molecule has 0 radical (unpaired) electrons. The highest BCUT2D eigenvalue weighted by atomic mass is 31.2. The number of aliphatic carboxylic acids is 1. The predicted molar refractivity (Wildman–Crippen MR) is 244 cm³/mol. The van der Waals surface area contributed by atoms with E-state index < -0.39 is 57.6 Å². The second-order valence-electron chi connectivity index (χ2n) is 13.4. The SMILES string of the molecule is CC/C=C\C/C=C\C/C=C\C/C=C\C/C=C\C/C=C\CCC(=O)OCC(O)COP(=O)(O)OCC(NC(=O)CCC/C=C\C/C=C\C/C=C\C/C=C\C/C=C\CC)C(=O)O. The number of aliphatic hydroxyl groups excluding tert-OH is 1. The van der Waals surface area contributed by atoms with Gasteiger partial charge in [0.15, 0.2) is 6.04 Å². The largest absolute Gasteiger partial charge is 0.480 e. The molecule has 0 heterocycles. The fourth-order valence-corrected chi connectivity index (χ4v) is 5.50. The van der Waals surface area contributed by atoms with E-state index >= 15 is 0 Å².